The van der Waals surface area contributed by atoms with E-state index in [-0.39, 0.29) is 12.3 Å². The van der Waals surface area contributed by atoms with E-state index >= 15 is 0 Å². The summed E-state index contributed by atoms with van der Waals surface area (Å²) in [5, 5.41) is 9.69. The average molecular weight is 404 g/mol. The van der Waals surface area contributed by atoms with E-state index in [9.17, 15) is 4.79 Å². The Morgan fingerprint density at radius 3 is 2.92 bits per heavy atom. The first-order valence-corrected chi connectivity index (χ1v) is 10.9. The Balaban J connectivity index is 1.51. The minimum Gasteiger partial charge on any atom is -0.369 e. The fourth-order valence-electron chi connectivity index (χ4n) is 2.81. The van der Waals surface area contributed by atoms with Crippen molar-refractivity contribution in [3.05, 3.63) is 40.9 Å². The molecule has 6 nitrogen and oxygen atoms in total. The quantitative estimate of drug-likeness (QED) is 0.636. The zero-order chi connectivity index (χ0) is 18.1. The number of nitrogens with zero attached hydrogens (tertiary/aromatic N) is 4. The normalized spacial score (nSPS) is 16.0. The minimum atomic E-state index is -0.317. The lowest BCUT2D eigenvalue weighted by molar-refractivity contribution is -0.117. The van der Waals surface area contributed by atoms with Crippen LogP contribution in [0.15, 0.2) is 39.8 Å². The highest BCUT2D eigenvalue weighted by molar-refractivity contribution is 8.01. The second-order valence-corrected chi connectivity index (χ2v) is 9.29. The maximum Gasteiger partial charge on any atom is 0.222 e. The summed E-state index contributed by atoms with van der Waals surface area (Å²) in [7, 11) is 0. The van der Waals surface area contributed by atoms with Gasteiger partial charge in [0.05, 0.1) is 18.2 Å². The van der Waals surface area contributed by atoms with Crippen LogP contribution in [0, 0.1) is 6.92 Å². The number of hydrogen-bond donors (Lipinski definition) is 1. The van der Waals surface area contributed by atoms with Crippen LogP contribution >= 0.6 is 34.9 Å². The Morgan fingerprint density at radius 2 is 2.15 bits per heavy atom. The lowest BCUT2D eigenvalue weighted by Gasteiger charge is -2.13. The van der Waals surface area contributed by atoms with E-state index in [1.54, 1.807) is 34.9 Å². The number of carbonyl (C=O) groups excluding carboxylic acids is 1. The summed E-state index contributed by atoms with van der Waals surface area (Å²) in [5.74, 6) is 2.47. The van der Waals surface area contributed by atoms with Crippen LogP contribution in [0.25, 0.3) is 11.4 Å². The highest BCUT2D eigenvalue weighted by Crippen LogP contribution is 2.39. The number of aryl methyl sites for hydroxylation is 1. The molecule has 26 heavy (non-hydrogen) atoms. The summed E-state index contributed by atoms with van der Waals surface area (Å²) in [5.41, 5.74) is 7.28. The standard InChI is InChI=1S/C17H17N5OS3/c1-10-13(7-14(18)23)26-17(19-10)25-9-12-8-24-16-21-20-15(22(12)16)11-5-3-2-4-6-11/h2-6,12H,7-9H2,1H3,(H2,18,23). The van der Waals surface area contributed by atoms with Crippen LogP contribution in [0.2, 0.25) is 0 Å². The number of fused-ring (bicyclic) bond motifs is 1. The first-order valence-electron chi connectivity index (χ1n) is 8.12. The highest BCUT2D eigenvalue weighted by atomic mass is 32.2. The molecular weight excluding hydrogens is 386 g/mol. The minimum absolute atomic E-state index is 0.261. The second kappa shape index (κ2) is 7.42. The predicted octanol–water partition coefficient (Wildman–Crippen LogP) is 3.18. The van der Waals surface area contributed by atoms with Crippen molar-refractivity contribution >= 4 is 40.8 Å². The van der Waals surface area contributed by atoms with Crippen molar-refractivity contribution in [2.45, 2.75) is 28.9 Å². The number of carbonyl (C=O) groups is 1. The van der Waals surface area contributed by atoms with Gasteiger partial charge in [-0.15, -0.1) is 21.5 Å². The third kappa shape index (κ3) is 3.51. The van der Waals surface area contributed by atoms with Crippen LogP contribution < -0.4 is 5.73 Å². The van der Waals surface area contributed by atoms with Gasteiger partial charge in [-0.2, -0.15) is 0 Å². The van der Waals surface area contributed by atoms with Gasteiger partial charge < -0.3 is 5.73 Å². The molecule has 3 aromatic rings. The molecule has 134 valence electrons. The topological polar surface area (TPSA) is 86.7 Å². The molecule has 1 aliphatic heterocycles. The Labute approximate surface area is 163 Å². The number of amides is 1. The number of hydrogen-bond acceptors (Lipinski definition) is 7. The molecule has 0 aliphatic carbocycles. The second-order valence-electron chi connectivity index (χ2n) is 5.95. The van der Waals surface area contributed by atoms with Gasteiger partial charge in [0.15, 0.2) is 11.0 Å². The van der Waals surface area contributed by atoms with Crippen LogP contribution in [0.5, 0.6) is 0 Å². The third-order valence-corrected chi connectivity index (χ3v) is 7.61. The largest absolute Gasteiger partial charge is 0.369 e. The first-order chi connectivity index (χ1) is 12.6. The van der Waals surface area contributed by atoms with E-state index in [0.717, 1.165) is 43.0 Å². The van der Waals surface area contributed by atoms with Gasteiger partial charge in [-0.05, 0) is 6.92 Å². The monoisotopic (exact) mass is 403 g/mol. The lowest BCUT2D eigenvalue weighted by atomic mass is 10.2. The van der Waals surface area contributed by atoms with Crippen molar-refractivity contribution < 1.29 is 4.79 Å². The molecule has 0 fully saturated rings. The molecule has 2 N–H and O–H groups in total. The fourth-order valence-corrected chi connectivity index (χ4v) is 6.39. The van der Waals surface area contributed by atoms with Crippen LogP contribution in [-0.4, -0.2) is 37.2 Å². The zero-order valence-electron chi connectivity index (χ0n) is 14.1. The van der Waals surface area contributed by atoms with Crippen molar-refractivity contribution in [2.24, 2.45) is 5.73 Å². The maximum atomic E-state index is 11.2. The Morgan fingerprint density at radius 1 is 1.35 bits per heavy atom. The number of primary amides is 1. The van der Waals surface area contributed by atoms with Gasteiger partial charge in [0.2, 0.25) is 5.91 Å². The molecule has 1 atom stereocenters. The summed E-state index contributed by atoms with van der Waals surface area (Å²) < 4.78 is 3.21. The van der Waals surface area contributed by atoms with Crippen molar-refractivity contribution in [2.75, 3.05) is 11.5 Å². The molecule has 0 saturated carbocycles. The first kappa shape index (κ1) is 17.6. The van der Waals surface area contributed by atoms with Gasteiger partial charge in [0, 0.05) is 21.9 Å². The zero-order valence-corrected chi connectivity index (χ0v) is 16.5. The number of aromatic nitrogens is 4. The molecule has 0 bridgehead atoms. The highest BCUT2D eigenvalue weighted by Gasteiger charge is 2.28. The predicted molar refractivity (Wildman–Crippen MR) is 106 cm³/mol. The Bertz CT molecular complexity index is 937. The van der Waals surface area contributed by atoms with Crippen molar-refractivity contribution in [3.63, 3.8) is 0 Å². The smallest absolute Gasteiger partial charge is 0.222 e. The van der Waals surface area contributed by atoms with Gasteiger partial charge in [-0.3, -0.25) is 9.36 Å². The molecule has 3 heterocycles. The average Bonchev–Trinajstić information content (AvgIpc) is 3.30. The van der Waals surface area contributed by atoms with Crippen molar-refractivity contribution in [3.8, 4) is 11.4 Å². The van der Waals surface area contributed by atoms with Gasteiger partial charge in [-0.25, -0.2) is 4.98 Å². The molecule has 0 radical (unpaired) electrons. The number of rotatable bonds is 6. The molecule has 0 spiro atoms. The van der Waals surface area contributed by atoms with Gasteiger partial charge in [0.1, 0.15) is 4.34 Å². The molecule has 0 saturated heterocycles. The number of benzene rings is 1. The number of nitrogens with two attached hydrogens (primary N) is 1. The molecule has 2 aromatic heterocycles. The molecule has 1 unspecified atom stereocenters. The Hall–Kier alpha value is -1.84. The summed E-state index contributed by atoms with van der Waals surface area (Å²) in [6.07, 6.45) is 0.261. The van der Waals surface area contributed by atoms with Gasteiger partial charge in [0.25, 0.3) is 0 Å². The van der Waals surface area contributed by atoms with Gasteiger partial charge >= 0.3 is 0 Å². The van der Waals surface area contributed by atoms with Crippen LogP contribution in [0.4, 0.5) is 0 Å². The van der Waals surface area contributed by atoms with Crippen molar-refractivity contribution in [1.29, 1.82) is 0 Å². The maximum absolute atomic E-state index is 11.2. The summed E-state index contributed by atoms with van der Waals surface area (Å²) >= 11 is 5.02. The SMILES string of the molecule is Cc1nc(SCC2CSc3nnc(-c4ccccc4)n32)sc1CC(N)=O. The molecule has 1 aliphatic rings. The summed E-state index contributed by atoms with van der Waals surface area (Å²) in [6, 6.07) is 10.5. The van der Waals surface area contributed by atoms with E-state index < -0.39 is 0 Å². The van der Waals surface area contributed by atoms with Crippen LogP contribution in [0.3, 0.4) is 0 Å². The molecule has 1 amide bonds. The van der Waals surface area contributed by atoms with E-state index in [1.807, 2.05) is 25.1 Å². The van der Waals surface area contributed by atoms with E-state index in [4.69, 9.17) is 5.73 Å². The number of thioether (sulfide) groups is 2. The number of thiazole rings is 1. The molecule has 9 heteroatoms. The third-order valence-electron chi connectivity index (χ3n) is 4.07. The van der Waals surface area contributed by atoms with Crippen LogP contribution in [0.1, 0.15) is 16.6 Å². The fraction of sp³-hybridized carbons (Fsp3) is 0.294. The molecular formula is C17H17N5OS3. The Kier molecular flexibility index (Phi) is 5.01. The molecule has 4 rings (SSSR count). The van der Waals surface area contributed by atoms with E-state index in [0.29, 0.717) is 6.04 Å². The summed E-state index contributed by atoms with van der Waals surface area (Å²) in [6.45, 7) is 1.93. The lowest BCUT2D eigenvalue weighted by Crippen LogP contribution is -2.13. The van der Waals surface area contributed by atoms with Crippen LogP contribution in [-0.2, 0) is 11.2 Å². The van der Waals surface area contributed by atoms with Crippen molar-refractivity contribution in [1.82, 2.24) is 19.7 Å². The summed E-state index contributed by atoms with van der Waals surface area (Å²) in [4.78, 5) is 16.7. The van der Waals surface area contributed by atoms with E-state index in [2.05, 4.69) is 31.9 Å². The molecule has 1 aromatic carbocycles. The van der Waals surface area contributed by atoms with E-state index in [1.165, 1.54) is 0 Å². The van der Waals surface area contributed by atoms with Gasteiger partial charge in [-0.1, -0.05) is 53.9 Å².